The first-order valence-corrected chi connectivity index (χ1v) is 14.2. The highest BCUT2D eigenvalue weighted by Gasteiger charge is 2.34. The summed E-state index contributed by atoms with van der Waals surface area (Å²) in [5, 5.41) is 8.90. The number of methoxy groups -OCH3 is 1. The lowest BCUT2D eigenvalue weighted by Gasteiger charge is -2.10. The largest absolute Gasteiger partial charge is 0.478 e. The number of carbonyl (C=O) groups excluding carboxylic acids is 1. The quantitative estimate of drug-likeness (QED) is 0.114. The molecule has 0 aliphatic rings. The minimum absolute atomic E-state index is 0.0959. The van der Waals surface area contributed by atoms with Gasteiger partial charge in [0.05, 0.1) is 7.11 Å². The zero-order chi connectivity index (χ0) is 33.0. The van der Waals surface area contributed by atoms with Crippen molar-refractivity contribution in [2.45, 2.75) is 32.2 Å². The average molecular weight is 665 g/mol. The molecule has 2 aromatic heterocycles. The Kier molecular flexibility index (Phi) is 12.4. The van der Waals surface area contributed by atoms with E-state index in [9.17, 15) is 35.9 Å². The van der Waals surface area contributed by atoms with Crippen LogP contribution in [0.2, 0.25) is 0 Å². The molecule has 0 aliphatic heterocycles. The van der Waals surface area contributed by atoms with Crippen LogP contribution in [-0.4, -0.2) is 34.1 Å². The summed E-state index contributed by atoms with van der Waals surface area (Å²) >= 11 is 2.13. The van der Waals surface area contributed by atoms with E-state index >= 15 is 0 Å². The number of hydrogen-bond acceptors (Lipinski definition) is 7. The average Bonchev–Trinajstić information content (AvgIpc) is 3.00. The lowest BCUT2D eigenvalue weighted by atomic mass is 10.2. The van der Waals surface area contributed by atoms with Gasteiger partial charge in [-0.25, -0.2) is 19.6 Å². The Labute approximate surface area is 261 Å². The SMILES string of the molecule is COC(=O)C=Cc1ccc(C(F)(F)F)nc1Sc1ccccc1.O=C(O)C=Cc1ccc(C(F)(F)F)nc1Sc1ccccc1. The maximum absolute atomic E-state index is 12.8. The number of alkyl halides is 6. The first-order valence-electron chi connectivity index (χ1n) is 12.6. The number of carboxylic acid groups (broad SMARTS) is 1. The number of hydrogen-bond donors (Lipinski definition) is 1. The fourth-order valence-corrected chi connectivity index (χ4v) is 5.05. The lowest BCUT2D eigenvalue weighted by molar-refractivity contribution is -0.142. The number of carbonyl (C=O) groups is 2. The van der Waals surface area contributed by atoms with E-state index in [0.29, 0.717) is 16.0 Å². The van der Waals surface area contributed by atoms with Crippen LogP contribution in [0.5, 0.6) is 0 Å². The van der Waals surface area contributed by atoms with E-state index in [4.69, 9.17) is 5.11 Å². The van der Waals surface area contributed by atoms with Crippen molar-refractivity contribution < 1.29 is 45.8 Å². The molecular formula is C31H22F6N2O4S2. The number of halogens is 6. The third-order valence-electron chi connectivity index (χ3n) is 5.28. The van der Waals surface area contributed by atoms with Gasteiger partial charge in [0, 0.05) is 33.1 Å². The topological polar surface area (TPSA) is 89.4 Å². The van der Waals surface area contributed by atoms with Crippen LogP contribution >= 0.6 is 23.5 Å². The molecule has 0 amide bonds. The van der Waals surface area contributed by atoms with Crippen LogP contribution in [0.25, 0.3) is 12.2 Å². The Hall–Kier alpha value is -4.56. The number of ether oxygens (including phenoxy) is 1. The smallest absolute Gasteiger partial charge is 0.433 e. The lowest BCUT2D eigenvalue weighted by Crippen LogP contribution is -2.08. The number of benzene rings is 2. The molecular weight excluding hydrogens is 642 g/mol. The van der Waals surface area contributed by atoms with Crippen LogP contribution in [0.1, 0.15) is 22.5 Å². The highest BCUT2D eigenvalue weighted by molar-refractivity contribution is 7.99. The third-order valence-corrected chi connectivity index (χ3v) is 7.34. The van der Waals surface area contributed by atoms with Gasteiger partial charge in [0.1, 0.15) is 21.4 Å². The number of aromatic nitrogens is 2. The van der Waals surface area contributed by atoms with Crippen LogP contribution < -0.4 is 0 Å². The molecule has 2 aromatic carbocycles. The van der Waals surface area contributed by atoms with Gasteiger partial charge in [-0.1, -0.05) is 72.1 Å². The Morgan fingerprint density at radius 1 is 0.667 bits per heavy atom. The van der Waals surface area contributed by atoms with Crippen LogP contribution in [0.3, 0.4) is 0 Å². The number of aliphatic carboxylic acids is 1. The standard InChI is InChI=1S/C16H12F3NO2S.C15H10F3NO2S/c1-22-14(21)10-8-11-7-9-13(16(17,18)19)20-15(11)23-12-5-3-2-4-6-12;16-15(17,18)12-8-6-10(7-9-13(20)21)14(19-12)22-11-4-2-1-3-5-11/h2-10H,1H3;1-9H,(H,20,21). The Bertz CT molecular complexity index is 1660. The van der Waals surface area contributed by atoms with Crippen molar-refractivity contribution in [1.29, 1.82) is 0 Å². The molecule has 0 bridgehead atoms. The number of carboxylic acids is 1. The molecule has 45 heavy (non-hydrogen) atoms. The fraction of sp³-hybridized carbons (Fsp3) is 0.0968. The molecule has 14 heteroatoms. The molecule has 0 saturated heterocycles. The minimum Gasteiger partial charge on any atom is -0.478 e. The van der Waals surface area contributed by atoms with Crippen molar-refractivity contribution in [2.24, 2.45) is 0 Å². The molecule has 0 atom stereocenters. The third kappa shape index (κ3) is 11.5. The van der Waals surface area contributed by atoms with Gasteiger partial charge in [0.25, 0.3) is 0 Å². The molecule has 1 N–H and O–H groups in total. The van der Waals surface area contributed by atoms with E-state index in [0.717, 1.165) is 52.7 Å². The summed E-state index contributed by atoms with van der Waals surface area (Å²) in [6, 6.07) is 21.8. The van der Waals surface area contributed by atoms with Gasteiger partial charge in [0.15, 0.2) is 0 Å². The van der Waals surface area contributed by atoms with E-state index in [1.54, 1.807) is 54.6 Å². The van der Waals surface area contributed by atoms with Gasteiger partial charge in [-0.05, 0) is 48.6 Å². The summed E-state index contributed by atoms with van der Waals surface area (Å²) in [6.07, 6.45) is -4.48. The van der Waals surface area contributed by atoms with Crippen LogP contribution in [-0.2, 0) is 26.7 Å². The van der Waals surface area contributed by atoms with Crippen molar-refractivity contribution in [2.75, 3.05) is 7.11 Å². The number of pyridine rings is 2. The Morgan fingerprint density at radius 3 is 1.42 bits per heavy atom. The molecule has 0 unspecified atom stereocenters. The van der Waals surface area contributed by atoms with Crippen molar-refractivity contribution >= 4 is 47.6 Å². The van der Waals surface area contributed by atoms with Gasteiger partial charge < -0.3 is 9.84 Å². The number of esters is 1. The molecule has 4 aromatic rings. The molecule has 0 fully saturated rings. The summed E-state index contributed by atoms with van der Waals surface area (Å²) in [7, 11) is 1.22. The van der Waals surface area contributed by atoms with Crippen LogP contribution in [0.4, 0.5) is 26.3 Å². The normalized spacial score (nSPS) is 11.7. The zero-order valence-electron chi connectivity index (χ0n) is 23.0. The van der Waals surface area contributed by atoms with Gasteiger partial charge in [-0.2, -0.15) is 26.3 Å². The second kappa shape index (κ2) is 16.0. The van der Waals surface area contributed by atoms with Gasteiger partial charge in [-0.15, -0.1) is 0 Å². The predicted molar refractivity (Wildman–Crippen MR) is 157 cm³/mol. The molecule has 2 heterocycles. The maximum Gasteiger partial charge on any atom is 0.433 e. The van der Waals surface area contributed by atoms with Crippen molar-refractivity contribution in [3.8, 4) is 0 Å². The monoisotopic (exact) mass is 664 g/mol. The molecule has 0 radical (unpaired) electrons. The van der Waals surface area contributed by atoms with Crippen molar-refractivity contribution in [3.63, 3.8) is 0 Å². The first-order chi connectivity index (χ1) is 21.3. The summed E-state index contributed by atoms with van der Waals surface area (Å²) < 4.78 is 81.3. The summed E-state index contributed by atoms with van der Waals surface area (Å²) in [5.41, 5.74) is -1.29. The van der Waals surface area contributed by atoms with E-state index in [1.165, 1.54) is 31.4 Å². The van der Waals surface area contributed by atoms with E-state index in [-0.39, 0.29) is 10.1 Å². The molecule has 4 rings (SSSR count). The highest BCUT2D eigenvalue weighted by Crippen LogP contribution is 2.35. The second-order valence-electron chi connectivity index (χ2n) is 8.54. The molecule has 0 saturated carbocycles. The molecule has 0 aliphatic carbocycles. The maximum atomic E-state index is 12.8. The predicted octanol–water partition coefficient (Wildman–Crippen LogP) is 8.79. The van der Waals surface area contributed by atoms with E-state index in [1.807, 2.05) is 6.07 Å². The number of nitrogens with zero attached hydrogens (tertiary/aromatic N) is 2. The molecule has 6 nitrogen and oxygen atoms in total. The fourth-order valence-electron chi connectivity index (χ4n) is 3.22. The summed E-state index contributed by atoms with van der Waals surface area (Å²) in [5.74, 6) is -1.78. The summed E-state index contributed by atoms with van der Waals surface area (Å²) in [4.78, 5) is 30.5. The number of rotatable bonds is 8. The van der Waals surface area contributed by atoms with Crippen molar-refractivity contribution in [3.05, 3.63) is 120 Å². The van der Waals surface area contributed by atoms with Gasteiger partial charge in [0.2, 0.25) is 0 Å². The first kappa shape index (κ1) is 34.9. The summed E-state index contributed by atoms with van der Waals surface area (Å²) in [6.45, 7) is 0. The molecule has 234 valence electrons. The van der Waals surface area contributed by atoms with Crippen LogP contribution in [0, 0.1) is 0 Å². The van der Waals surface area contributed by atoms with E-state index < -0.39 is 35.7 Å². The zero-order valence-corrected chi connectivity index (χ0v) is 24.7. The Balaban J connectivity index is 0.000000246. The Morgan fingerprint density at radius 2 is 1.07 bits per heavy atom. The van der Waals surface area contributed by atoms with Crippen LogP contribution in [0.15, 0.2) is 117 Å². The second-order valence-corrected chi connectivity index (χ2v) is 10.7. The van der Waals surface area contributed by atoms with Gasteiger partial charge >= 0.3 is 24.3 Å². The van der Waals surface area contributed by atoms with E-state index in [2.05, 4.69) is 14.7 Å². The van der Waals surface area contributed by atoms with Crippen molar-refractivity contribution in [1.82, 2.24) is 9.97 Å². The molecule has 0 spiro atoms. The highest BCUT2D eigenvalue weighted by atomic mass is 32.2. The van der Waals surface area contributed by atoms with Gasteiger partial charge in [-0.3, -0.25) is 0 Å². The minimum atomic E-state index is -4.55.